The number of aliphatic hydroxyl groups excluding tert-OH is 2. The van der Waals surface area contributed by atoms with Gasteiger partial charge in [-0.2, -0.15) is 0 Å². The third-order valence-electron chi connectivity index (χ3n) is 12.5. The first-order valence-electron chi connectivity index (χ1n) is 25.9. The van der Waals surface area contributed by atoms with Crippen LogP contribution in [0.25, 0.3) is 0 Å². The molecule has 10 atom stereocenters. The van der Waals surface area contributed by atoms with Crippen LogP contribution in [0.2, 0.25) is 0 Å². The molecule has 3 rings (SSSR count). The minimum Gasteiger partial charge on any atom is -0.508 e. The molecule has 0 heterocycles. The number of benzene rings is 3. The Bertz CT molecular complexity index is 2820. The second-order valence-electron chi connectivity index (χ2n) is 19.3. The summed E-state index contributed by atoms with van der Waals surface area (Å²) in [5, 5.41) is 77.9. The van der Waals surface area contributed by atoms with Gasteiger partial charge < -0.3 is 96.1 Å². The van der Waals surface area contributed by atoms with E-state index in [1.807, 2.05) is 0 Å². The number of phenolic OH excluding ortho intramolecular Hbond substituents is 2. The molecule has 0 spiro atoms. The van der Waals surface area contributed by atoms with Crippen LogP contribution >= 0.6 is 0 Å². The molecule has 0 bridgehead atoms. The predicted molar refractivity (Wildman–Crippen MR) is 291 cm³/mol. The number of carboxylic acids is 2. The summed E-state index contributed by atoms with van der Waals surface area (Å²) in [6, 6.07) is 2.36. The van der Waals surface area contributed by atoms with Crippen LogP contribution in [0.5, 0.6) is 11.5 Å². The Balaban J connectivity index is 2.01. The molecule has 0 aliphatic carbocycles. The number of nitrogens with two attached hydrogens (primary N) is 4. The van der Waals surface area contributed by atoms with Crippen LogP contribution in [0.15, 0.2) is 78.9 Å². The number of hydrogen-bond donors (Lipinski definition) is 18. The van der Waals surface area contributed by atoms with Gasteiger partial charge in [-0.25, -0.2) is 4.79 Å². The number of primary amides is 3. The van der Waals surface area contributed by atoms with Crippen LogP contribution in [0.3, 0.4) is 0 Å². The van der Waals surface area contributed by atoms with Crippen molar-refractivity contribution in [2.24, 2.45) is 22.9 Å². The first-order valence-corrected chi connectivity index (χ1v) is 25.9. The maximum absolute atomic E-state index is 14.5. The van der Waals surface area contributed by atoms with Crippen molar-refractivity contribution in [3.05, 3.63) is 95.6 Å². The summed E-state index contributed by atoms with van der Waals surface area (Å²) in [6.45, 7) is 0.0366. The van der Waals surface area contributed by atoms with Crippen molar-refractivity contribution in [2.75, 3.05) is 6.61 Å². The third kappa shape index (κ3) is 24.1. The first kappa shape index (κ1) is 68.5. The molecule has 84 heavy (non-hydrogen) atoms. The van der Waals surface area contributed by atoms with Gasteiger partial charge in [-0.1, -0.05) is 54.6 Å². The summed E-state index contributed by atoms with van der Waals surface area (Å²) in [5.41, 5.74) is 22.7. The van der Waals surface area contributed by atoms with Gasteiger partial charge in [0.05, 0.1) is 25.2 Å². The van der Waals surface area contributed by atoms with Gasteiger partial charge in [-0.05, 0) is 67.1 Å². The van der Waals surface area contributed by atoms with Gasteiger partial charge >= 0.3 is 11.9 Å². The van der Waals surface area contributed by atoms with Crippen LogP contribution in [0.1, 0.15) is 68.6 Å². The van der Waals surface area contributed by atoms with Crippen LogP contribution < -0.4 is 65.5 Å². The molecule has 3 aromatic carbocycles. The molecule has 31 heteroatoms. The van der Waals surface area contributed by atoms with Crippen molar-refractivity contribution in [3.63, 3.8) is 0 Å². The highest BCUT2D eigenvalue weighted by Crippen LogP contribution is 2.15. The summed E-state index contributed by atoms with van der Waals surface area (Å²) in [5.74, 6) is -15.9. The Morgan fingerprint density at radius 1 is 0.429 bits per heavy atom. The molecule has 0 fully saturated rings. The Morgan fingerprint density at radius 3 is 1.12 bits per heavy atom. The standard InChI is InChI=1S/C53H70N12O19/c1-26(67)44(53(83)84)65-51(81)37(21-27-5-3-2-4-6-27)60-47(77)34(17-20-42(57)72)58-46(76)33(16-19-41(56)71)59-48(78)35(22-28-7-11-30(68)12-8-28)61-50(80)38(24-43(73)74)63-49(79)36(23-29-9-13-31(69)14-10-29)62-52(82)39(25-66)64-45(75)32(54)15-18-40(55)70/h2-14,26,32-39,44,66-69H,15-25,54H2,1H3,(H2,55,70)(H2,56,71)(H2,57,72)(H,58,76)(H,59,78)(H,60,77)(H,61,80)(H,62,82)(H,63,79)(H,64,75)(H,65,81)(H,73,74)(H,83,84)/t26-,32+,33+,34+,35+,36+,37+,38+,39+,44+/m1/s1. The van der Waals surface area contributed by atoms with Gasteiger partial charge in [-0.3, -0.25) is 57.5 Å². The molecule has 0 aliphatic heterocycles. The fraction of sp³-hybridized carbons (Fsp3) is 0.415. The van der Waals surface area contributed by atoms with Gasteiger partial charge in [0.15, 0.2) is 6.04 Å². The zero-order chi connectivity index (χ0) is 62.8. The van der Waals surface area contributed by atoms with Crippen molar-refractivity contribution >= 4 is 76.9 Å². The molecule has 31 nitrogen and oxygen atoms in total. The second-order valence-corrected chi connectivity index (χ2v) is 19.3. The monoisotopic (exact) mass is 1180 g/mol. The lowest BCUT2D eigenvalue weighted by atomic mass is 10.0. The average Bonchev–Trinajstić information content (AvgIpc) is 3.56. The van der Waals surface area contributed by atoms with Crippen LogP contribution in [-0.4, -0.2) is 175 Å². The number of carboxylic acid groups (broad SMARTS) is 2. The quantitative estimate of drug-likeness (QED) is 0.0258. The van der Waals surface area contributed by atoms with E-state index in [0.717, 1.165) is 6.92 Å². The number of amides is 11. The molecular formula is C53H70N12O19. The zero-order valence-corrected chi connectivity index (χ0v) is 45.4. The number of aromatic hydroxyl groups is 2. The summed E-state index contributed by atoms with van der Waals surface area (Å²) < 4.78 is 0. The maximum Gasteiger partial charge on any atom is 0.328 e. The zero-order valence-electron chi connectivity index (χ0n) is 45.4. The van der Waals surface area contributed by atoms with Gasteiger partial charge in [0.1, 0.15) is 53.8 Å². The van der Waals surface area contributed by atoms with E-state index in [4.69, 9.17) is 22.9 Å². The SMILES string of the molecule is C[C@@H](O)[C@H](NC(=O)[C@H](Cc1ccccc1)NC(=O)[C@H](CCC(N)=O)NC(=O)[C@H](CCC(N)=O)NC(=O)[C@H](Cc1ccc(O)cc1)NC(=O)[C@H](CC(=O)O)NC(=O)[C@H](Cc1ccc(O)cc1)NC(=O)[C@H](CO)NC(=O)[C@@H](N)CCC(N)=O)C(=O)O. The van der Waals surface area contributed by atoms with Crippen molar-refractivity contribution in [1.29, 1.82) is 0 Å². The lowest BCUT2D eigenvalue weighted by Crippen LogP contribution is -2.61. The summed E-state index contributed by atoms with van der Waals surface area (Å²) in [6.07, 6.45) is -6.85. The molecule has 0 saturated heterocycles. The summed E-state index contributed by atoms with van der Waals surface area (Å²) in [7, 11) is 0. The number of hydrogen-bond acceptors (Lipinski definition) is 18. The first-order chi connectivity index (χ1) is 39.6. The van der Waals surface area contributed by atoms with Crippen LogP contribution in [0, 0.1) is 0 Å². The molecule has 0 unspecified atom stereocenters. The lowest BCUT2D eigenvalue weighted by Gasteiger charge is -2.28. The largest absolute Gasteiger partial charge is 0.508 e. The molecule has 22 N–H and O–H groups in total. The number of aliphatic hydroxyl groups is 2. The highest BCUT2D eigenvalue weighted by atomic mass is 16.4. The minimum absolute atomic E-state index is 0.198. The molecule has 11 amide bonds. The van der Waals surface area contributed by atoms with Gasteiger partial charge in [0.2, 0.25) is 65.0 Å². The number of carbonyl (C=O) groups is 13. The van der Waals surface area contributed by atoms with Crippen molar-refractivity contribution < 1.29 is 93.0 Å². The van der Waals surface area contributed by atoms with Crippen LogP contribution in [0.4, 0.5) is 0 Å². The molecule has 3 aromatic rings. The highest BCUT2D eigenvalue weighted by Gasteiger charge is 2.37. The van der Waals surface area contributed by atoms with Crippen molar-refractivity contribution in [1.82, 2.24) is 42.5 Å². The van der Waals surface area contributed by atoms with E-state index >= 15 is 0 Å². The minimum atomic E-state index is -2.09. The van der Waals surface area contributed by atoms with Crippen molar-refractivity contribution in [3.8, 4) is 11.5 Å². The summed E-state index contributed by atoms with van der Waals surface area (Å²) >= 11 is 0. The Kier molecular flexibility index (Phi) is 27.6. The lowest BCUT2D eigenvalue weighted by molar-refractivity contribution is -0.145. The molecular weight excluding hydrogens is 1110 g/mol. The van der Waals surface area contributed by atoms with Gasteiger partial charge in [-0.15, -0.1) is 0 Å². The predicted octanol–water partition coefficient (Wildman–Crippen LogP) is -5.94. The van der Waals surface area contributed by atoms with E-state index in [0.29, 0.717) is 5.56 Å². The Hall–Kier alpha value is -9.75. The van der Waals surface area contributed by atoms with Gasteiger partial charge in [0.25, 0.3) is 0 Å². The fourth-order valence-corrected chi connectivity index (χ4v) is 7.89. The third-order valence-corrected chi connectivity index (χ3v) is 12.5. The van der Waals surface area contributed by atoms with Crippen molar-refractivity contribution in [2.45, 2.75) is 132 Å². The summed E-state index contributed by atoms with van der Waals surface area (Å²) in [4.78, 5) is 171. The molecule has 0 aromatic heterocycles. The van der Waals surface area contributed by atoms with Gasteiger partial charge in [0, 0.05) is 38.5 Å². The number of rotatable bonds is 36. The highest BCUT2D eigenvalue weighted by molar-refractivity contribution is 5.99. The average molecular weight is 1180 g/mol. The normalized spacial score (nSPS) is 14.5. The Morgan fingerprint density at radius 2 is 0.750 bits per heavy atom. The Labute approximate surface area is 479 Å². The van der Waals surface area contributed by atoms with E-state index in [9.17, 15) is 93.0 Å². The van der Waals surface area contributed by atoms with E-state index in [1.54, 1.807) is 30.3 Å². The number of carbonyl (C=O) groups excluding carboxylic acids is 11. The topological polar surface area (TPSA) is 544 Å². The van der Waals surface area contributed by atoms with E-state index in [-0.39, 0.29) is 41.9 Å². The number of aliphatic carboxylic acids is 2. The second kappa shape index (κ2) is 33.9. The number of nitrogens with one attached hydrogen (secondary N) is 8. The maximum atomic E-state index is 14.5. The molecule has 0 aliphatic rings. The smallest absolute Gasteiger partial charge is 0.328 e. The fourth-order valence-electron chi connectivity index (χ4n) is 7.89. The molecule has 0 saturated carbocycles. The van der Waals surface area contributed by atoms with Crippen LogP contribution in [-0.2, 0) is 81.6 Å². The molecule has 0 radical (unpaired) electrons. The van der Waals surface area contributed by atoms with E-state index in [1.165, 1.54) is 48.5 Å². The van der Waals surface area contributed by atoms with E-state index in [2.05, 4.69) is 42.5 Å². The molecule has 456 valence electrons. The number of phenols is 2. The van der Waals surface area contributed by atoms with E-state index < -0.39 is 189 Å².